The smallest absolute Gasteiger partial charge is 0.317 e. The van der Waals surface area contributed by atoms with Crippen LogP contribution in [0.3, 0.4) is 0 Å². The number of aromatic nitrogens is 2. The summed E-state index contributed by atoms with van der Waals surface area (Å²) in [7, 11) is 0. The van der Waals surface area contributed by atoms with Crippen molar-refractivity contribution in [1.82, 2.24) is 15.1 Å². The predicted octanol–water partition coefficient (Wildman–Crippen LogP) is 0.933. The number of hydrogen-bond acceptors (Lipinski definition) is 7. The lowest BCUT2D eigenvalue weighted by molar-refractivity contribution is -0.138. The number of nitrogens with two attached hydrogens (primary N) is 1. The second-order valence-corrected chi connectivity index (χ2v) is 6.57. The van der Waals surface area contributed by atoms with Crippen LogP contribution in [-0.2, 0) is 16.1 Å². The van der Waals surface area contributed by atoms with Gasteiger partial charge in [0.1, 0.15) is 0 Å². The van der Waals surface area contributed by atoms with E-state index in [9.17, 15) is 9.59 Å². The highest BCUT2D eigenvalue weighted by Gasteiger charge is 2.17. The monoisotopic (exact) mass is 374 g/mol. The molecule has 0 unspecified atom stereocenters. The molecule has 2 aromatic heterocycles. The summed E-state index contributed by atoms with van der Waals surface area (Å²) < 4.78 is 6.39. The Balaban J connectivity index is 2.08. The number of halogens is 1. The number of carboxylic acids is 1. The van der Waals surface area contributed by atoms with Crippen molar-refractivity contribution < 1.29 is 19.1 Å². The molecule has 0 aromatic carbocycles. The van der Waals surface area contributed by atoms with E-state index in [1.165, 1.54) is 16.2 Å². The lowest BCUT2D eigenvalue weighted by Gasteiger charge is -2.15. The Morgan fingerprint density at radius 1 is 1.38 bits per heavy atom. The predicted molar refractivity (Wildman–Crippen MR) is 77.4 cm³/mol. The topological polar surface area (TPSA) is 123 Å². The van der Waals surface area contributed by atoms with Gasteiger partial charge in [-0.15, -0.1) is 21.5 Å². The summed E-state index contributed by atoms with van der Waals surface area (Å²) >= 11 is 4.77. The third-order valence-electron chi connectivity index (χ3n) is 2.35. The molecule has 2 rings (SSSR count). The molecule has 0 aliphatic heterocycles. The van der Waals surface area contributed by atoms with Gasteiger partial charge < -0.3 is 15.3 Å². The summed E-state index contributed by atoms with van der Waals surface area (Å²) in [5.41, 5.74) is 5.08. The van der Waals surface area contributed by atoms with Gasteiger partial charge in [-0.1, -0.05) is 0 Å². The fraction of sp³-hybridized carbons (Fsp3) is 0.273. The maximum absolute atomic E-state index is 10.9. The summed E-state index contributed by atoms with van der Waals surface area (Å²) in [6.07, 6.45) is 0. The number of carboxylic acid groups (broad SMARTS) is 1. The van der Waals surface area contributed by atoms with E-state index in [0.29, 0.717) is 5.89 Å². The largest absolute Gasteiger partial charge is 0.480 e. The first-order chi connectivity index (χ1) is 9.94. The molecule has 0 aliphatic rings. The maximum atomic E-state index is 10.9. The number of aliphatic carboxylic acids is 1. The van der Waals surface area contributed by atoms with Gasteiger partial charge in [0.25, 0.3) is 5.89 Å². The molecule has 112 valence electrons. The lowest BCUT2D eigenvalue weighted by Crippen LogP contribution is -2.36. The SMILES string of the molecule is NC(=O)CN(CC(=O)O)Cc1nnc(-c2ccc(Br)s2)o1. The molecule has 0 fully saturated rings. The molecule has 0 atom stereocenters. The molecule has 3 N–H and O–H groups in total. The molecule has 0 saturated heterocycles. The van der Waals surface area contributed by atoms with E-state index in [1.54, 1.807) is 0 Å². The van der Waals surface area contributed by atoms with Crippen LogP contribution in [0.25, 0.3) is 10.8 Å². The molecule has 8 nitrogen and oxygen atoms in total. The first-order valence-corrected chi connectivity index (χ1v) is 7.35. The highest BCUT2D eigenvalue weighted by atomic mass is 79.9. The highest BCUT2D eigenvalue weighted by molar-refractivity contribution is 9.11. The number of carbonyl (C=O) groups excluding carboxylic acids is 1. The Kier molecular flexibility index (Phi) is 5.04. The highest BCUT2D eigenvalue weighted by Crippen LogP contribution is 2.30. The quantitative estimate of drug-likeness (QED) is 0.738. The van der Waals surface area contributed by atoms with Gasteiger partial charge in [-0.25, -0.2) is 0 Å². The Morgan fingerprint density at radius 3 is 2.71 bits per heavy atom. The first-order valence-electron chi connectivity index (χ1n) is 5.74. The molecule has 0 spiro atoms. The number of nitrogens with zero attached hydrogens (tertiary/aromatic N) is 3. The van der Waals surface area contributed by atoms with Crippen LogP contribution in [0.2, 0.25) is 0 Å². The average Bonchev–Trinajstić information content (AvgIpc) is 2.96. The molecule has 0 saturated carbocycles. The number of primary amides is 1. The van der Waals surface area contributed by atoms with E-state index in [2.05, 4.69) is 26.1 Å². The van der Waals surface area contributed by atoms with E-state index >= 15 is 0 Å². The molecule has 0 bridgehead atoms. The average molecular weight is 375 g/mol. The Hall–Kier alpha value is -1.78. The van der Waals surface area contributed by atoms with Crippen molar-refractivity contribution >= 4 is 39.1 Å². The normalized spacial score (nSPS) is 11.0. The second-order valence-electron chi connectivity index (χ2n) is 4.11. The molecule has 1 amide bonds. The Bertz CT molecular complexity index is 640. The van der Waals surface area contributed by atoms with Crippen molar-refractivity contribution in [2.24, 2.45) is 5.73 Å². The Labute approximate surface area is 131 Å². The second kappa shape index (κ2) is 6.78. The minimum Gasteiger partial charge on any atom is -0.480 e. The van der Waals surface area contributed by atoms with Crippen molar-refractivity contribution in [3.63, 3.8) is 0 Å². The summed E-state index contributed by atoms with van der Waals surface area (Å²) in [5.74, 6) is -1.14. The van der Waals surface area contributed by atoms with Crippen LogP contribution < -0.4 is 5.73 Å². The van der Waals surface area contributed by atoms with Gasteiger partial charge in [-0.2, -0.15) is 0 Å². The molecule has 21 heavy (non-hydrogen) atoms. The van der Waals surface area contributed by atoms with Gasteiger partial charge in [0.15, 0.2) is 0 Å². The molecule has 0 radical (unpaired) electrons. The zero-order chi connectivity index (χ0) is 15.4. The van der Waals surface area contributed by atoms with Gasteiger partial charge in [0, 0.05) is 0 Å². The van der Waals surface area contributed by atoms with Crippen LogP contribution >= 0.6 is 27.3 Å². The van der Waals surface area contributed by atoms with Crippen molar-refractivity contribution in [2.45, 2.75) is 6.54 Å². The van der Waals surface area contributed by atoms with Crippen LogP contribution in [0.4, 0.5) is 0 Å². The van der Waals surface area contributed by atoms with Gasteiger partial charge in [-0.3, -0.25) is 14.5 Å². The zero-order valence-corrected chi connectivity index (χ0v) is 13.1. The van der Waals surface area contributed by atoms with E-state index in [4.69, 9.17) is 15.3 Å². The summed E-state index contributed by atoms with van der Waals surface area (Å²) in [5, 5.41) is 16.5. The molecule has 10 heteroatoms. The lowest BCUT2D eigenvalue weighted by atomic mass is 10.4. The van der Waals surface area contributed by atoms with Crippen LogP contribution in [0.1, 0.15) is 5.89 Å². The van der Waals surface area contributed by atoms with Crippen molar-refractivity contribution in [1.29, 1.82) is 0 Å². The van der Waals surface area contributed by atoms with Crippen LogP contribution in [0.15, 0.2) is 20.3 Å². The number of rotatable bonds is 7. The number of amides is 1. The molecule has 2 aromatic rings. The fourth-order valence-corrected chi connectivity index (χ4v) is 2.92. The van der Waals surface area contributed by atoms with Crippen molar-refractivity contribution in [3.8, 4) is 10.8 Å². The minimum atomic E-state index is -1.07. The third-order valence-corrected chi connectivity index (χ3v) is 3.96. The standard InChI is InChI=1S/C11H11BrN4O4S/c12-7-2-1-6(21-7)11-15-14-9(20-11)4-16(3-8(13)17)5-10(18)19/h1-2H,3-5H2,(H2,13,17)(H,18,19). The zero-order valence-electron chi connectivity index (χ0n) is 10.7. The van der Waals surface area contributed by atoms with Crippen molar-refractivity contribution in [2.75, 3.05) is 13.1 Å². The van der Waals surface area contributed by atoms with Crippen molar-refractivity contribution in [3.05, 3.63) is 21.8 Å². The summed E-state index contributed by atoms with van der Waals surface area (Å²) in [6, 6.07) is 3.68. The van der Waals surface area contributed by atoms with Gasteiger partial charge in [0.05, 0.1) is 28.3 Å². The van der Waals surface area contributed by atoms with Gasteiger partial charge in [-0.05, 0) is 28.1 Å². The fourth-order valence-electron chi connectivity index (χ4n) is 1.62. The van der Waals surface area contributed by atoms with Gasteiger partial charge in [0.2, 0.25) is 11.8 Å². The number of hydrogen-bond donors (Lipinski definition) is 2. The summed E-state index contributed by atoms with van der Waals surface area (Å²) in [4.78, 5) is 23.8. The minimum absolute atomic E-state index is 0.0365. The van der Waals surface area contributed by atoms with Gasteiger partial charge >= 0.3 is 5.97 Å². The van der Waals surface area contributed by atoms with E-state index in [-0.39, 0.29) is 25.5 Å². The van der Waals surface area contributed by atoms with E-state index < -0.39 is 11.9 Å². The number of carbonyl (C=O) groups is 2. The van der Waals surface area contributed by atoms with Crippen LogP contribution in [0, 0.1) is 0 Å². The molecule has 0 aliphatic carbocycles. The molecule has 2 heterocycles. The molecular formula is C11H11BrN4O4S. The first kappa shape index (κ1) is 15.6. The summed E-state index contributed by atoms with van der Waals surface area (Å²) in [6.45, 7) is -0.505. The number of thiophene rings is 1. The Morgan fingerprint density at radius 2 is 2.14 bits per heavy atom. The third kappa shape index (κ3) is 4.62. The van der Waals surface area contributed by atoms with Crippen LogP contribution in [-0.4, -0.2) is 45.2 Å². The van der Waals surface area contributed by atoms with E-state index in [0.717, 1.165) is 8.66 Å². The van der Waals surface area contributed by atoms with E-state index in [1.807, 2.05) is 12.1 Å². The maximum Gasteiger partial charge on any atom is 0.317 e. The molecular weight excluding hydrogens is 364 g/mol. The van der Waals surface area contributed by atoms with Crippen LogP contribution in [0.5, 0.6) is 0 Å².